The molecular formula is C28H57NO4. The van der Waals surface area contributed by atoms with Crippen molar-refractivity contribution in [2.75, 3.05) is 13.2 Å². The molecule has 2 atom stereocenters. The summed E-state index contributed by atoms with van der Waals surface area (Å²) in [5, 5.41) is 18.8. The number of hydrogen-bond acceptors (Lipinski definition) is 5. The minimum absolute atomic E-state index is 0.321. The van der Waals surface area contributed by atoms with Crippen LogP contribution in [0, 0.1) is 0 Å². The summed E-state index contributed by atoms with van der Waals surface area (Å²) in [6.07, 6.45) is 24.2. The van der Waals surface area contributed by atoms with Crippen molar-refractivity contribution in [3.8, 4) is 0 Å². The molecule has 0 aromatic rings. The lowest BCUT2D eigenvalue weighted by Gasteiger charge is -2.30. The monoisotopic (exact) mass is 471 g/mol. The van der Waals surface area contributed by atoms with E-state index in [9.17, 15) is 10.2 Å². The lowest BCUT2D eigenvalue weighted by atomic mass is 10.1. The summed E-state index contributed by atoms with van der Waals surface area (Å²) in [5.41, 5.74) is 6.41. The first kappa shape index (κ1) is 32.5. The van der Waals surface area contributed by atoms with Crippen LogP contribution in [0.15, 0.2) is 12.2 Å². The number of rotatable bonds is 25. The van der Waals surface area contributed by atoms with Crippen molar-refractivity contribution in [1.29, 1.82) is 0 Å². The van der Waals surface area contributed by atoms with Crippen molar-refractivity contribution in [1.82, 2.24) is 0 Å². The lowest BCUT2D eigenvalue weighted by Crippen LogP contribution is -2.46. The summed E-state index contributed by atoms with van der Waals surface area (Å²) in [7, 11) is 0. The molecule has 0 heterocycles. The Bertz CT molecular complexity index is 410. The van der Waals surface area contributed by atoms with Crippen molar-refractivity contribution in [2.45, 2.75) is 154 Å². The summed E-state index contributed by atoms with van der Waals surface area (Å²) in [6.45, 7) is 6.82. The van der Waals surface area contributed by atoms with Gasteiger partial charge in [0.2, 0.25) is 5.91 Å². The molecule has 0 aliphatic rings. The number of allylic oxidation sites excluding steroid dienone is 2. The summed E-state index contributed by atoms with van der Waals surface area (Å²) in [5.74, 6) is -1.06. The minimum atomic E-state index is -1.06. The highest BCUT2D eigenvalue weighted by atomic mass is 16.7. The maximum Gasteiger partial charge on any atom is 0.224 e. The number of nitrogens with two attached hydrogens (primary N) is 1. The smallest absolute Gasteiger partial charge is 0.224 e. The SMILES string of the molecule is CCCCCCCC/C=C\CCCCCCCC(N)(OCCCC(C)O)OCCCC(C)O. The molecule has 0 saturated heterocycles. The predicted octanol–water partition coefficient (Wildman–Crippen LogP) is 6.99. The van der Waals surface area contributed by atoms with Crippen molar-refractivity contribution in [3.05, 3.63) is 12.2 Å². The van der Waals surface area contributed by atoms with Gasteiger partial charge in [-0.1, -0.05) is 70.4 Å². The van der Waals surface area contributed by atoms with Crippen molar-refractivity contribution < 1.29 is 19.7 Å². The first-order valence-electron chi connectivity index (χ1n) is 14.0. The average molecular weight is 472 g/mol. The van der Waals surface area contributed by atoms with Crippen molar-refractivity contribution >= 4 is 0 Å². The molecule has 0 amide bonds. The molecule has 0 radical (unpaired) electrons. The van der Waals surface area contributed by atoms with E-state index in [0.717, 1.165) is 25.7 Å². The quantitative estimate of drug-likeness (QED) is 0.0759. The van der Waals surface area contributed by atoms with E-state index in [2.05, 4.69) is 19.1 Å². The van der Waals surface area contributed by atoms with E-state index in [4.69, 9.17) is 15.2 Å². The van der Waals surface area contributed by atoms with Gasteiger partial charge < -0.3 is 19.7 Å². The summed E-state index contributed by atoms with van der Waals surface area (Å²) >= 11 is 0. The molecule has 0 spiro atoms. The fraction of sp³-hybridized carbons (Fsp3) is 0.929. The standard InChI is InChI=1S/C28H57NO4/c1-4-5-6-7-8-9-10-11-12-13-14-15-16-17-18-23-28(29,32-24-19-21-26(2)30)33-25-20-22-27(3)31/h11-12,26-27,30-31H,4-10,13-25,29H2,1-3H3/b12-11-. The second kappa shape index (κ2) is 23.3. The van der Waals surface area contributed by atoms with Gasteiger partial charge >= 0.3 is 0 Å². The second-order valence-corrected chi connectivity index (χ2v) is 9.83. The van der Waals surface area contributed by atoms with E-state index < -0.39 is 5.91 Å². The highest BCUT2D eigenvalue weighted by molar-refractivity contribution is 4.81. The van der Waals surface area contributed by atoms with Crippen LogP contribution in [0.25, 0.3) is 0 Å². The molecule has 198 valence electrons. The van der Waals surface area contributed by atoms with Crippen LogP contribution in [0.1, 0.15) is 136 Å². The van der Waals surface area contributed by atoms with Crippen LogP contribution in [0.4, 0.5) is 0 Å². The second-order valence-electron chi connectivity index (χ2n) is 9.83. The molecule has 0 fully saturated rings. The fourth-order valence-electron chi connectivity index (χ4n) is 3.88. The van der Waals surface area contributed by atoms with E-state index in [1.54, 1.807) is 13.8 Å². The van der Waals surface area contributed by atoms with Gasteiger partial charge in [0.05, 0.1) is 25.4 Å². The normalized spacial score (nSPS) is 15.7. The molecule has 0 saturated carbocycles. The van der Waals surface area contributed by atoms with Gasteiger partial charge in [0, 0.05) is 6.42 Å². The highest BCUT2D eigenvalue weighted by Crippen LogP contribution is 2.19. The molecule has 0 aliphatic heterocycles. The zero-order valence-electron chi connectivity index (χ0n) is 22.2. The third-order valence-electron chi connectivity index (χ3n) is 6.01. The fourth-order valence-corrected chi connectivity index (χ4v) is 3.88. The van der Waals surface area contributed by atoms with E-state index in [1.165, 1.54) is 70.6 Å². The summed E-state index contributed by atoms with van der Waals surface area (Å²) in [4.78, 5) is 0. The summed E-state index contributed by atoms with van der Waals surface area (Å²) < 4.78 is 11.8. The van der Waals surface area contributed by atoms with Crippen LogP contribution in [-0.4, -0.2) is 41.5 Å². The highest BCUT2D eigenvalue weighted by Gasteiger charge is 2.26. The third-order valence-corrected chi connectivity index (χ3v) is 6.01. The third kappa shape index (κ3) is 24.5. The van der Waals surface area contributed by atoms with Gasteiger partial charge in [-0.15, -0.1) is 0 Å². The van der Waals surface area contributed by atoms with Gasteiger partial charge in [-0.25, -0.2) is 0 Å². The van der Waals surface area contributed by atoms with Gasteiger partial charge in [-0.3, -0.25) is 5.73 Å². The molecule has 0 aliphatic carbocycles. The predicted molar refractivity (Wildman–Crippen MR) is 140 cm³/mol. The molecule has 2 unspecified atom stereocenters. The van der Waals surface area contributed by atoms with Crippen LogP contribution >= 0.6 is 0 Å². The molecule has 33 heavy (non-hydrogen) atoms. The Morgan fingerprint density at radius 3 is 1.55 bits per heavy atom. The number of aliphatic hydroxyl groups is 2. The number of hydrogen-bond donors (Lipinski definition) is 3. The van der Waals surface area contributed by atoms with Gasteiger partial charge in [0.25, 0.3) is 0 Å². The van der Waals surface area contributed by atoms with E-state index in [-0.39, 0.29) is 12.2 Å². The Labute approximate surface area is 205 Å². The first-order chi connectivity index (χ1) is 15.9. The molecule has 0 bridgehead atoms. The zero-order valence-corrected chi connectivity index (χ0v) is 22.2. The zero-order chi connectivity index (χ0) is 24.6. The molecular weight excluding hydrogens is 414 g/mol. The van der Waals surface area contributed by atoms with Crippen LogP contribution < -0.4 is 5.73 Å². The molecule has 5 heteroatoms. The number of unbranched alkanes of at least 4 members (excludes halogenated alkanes) is 11. The lowest BCUT2D eigenvalue weighted by molar-refractivity contribution is -0.240. The Kier molecular flexibility index (Phi) is 23.0. The Morgan fingerprint density at radius 2 is 1.09 bits per heavy atom. The maximum absolute atomic E-state index is 9.41. The molecule has 4 N–H and O–H groups in total. The number of ether oxygens (including phenoxy) is 2. The molecule has 0 aromatic heterocycles. The van der Waals surface area contributed by atoms with Crippen LogP contribution in [0.5, 0.6) is 0 Å². The van der Waals surface area contributed by atoms with Crippen molar-refractivity contribution in [2.24, 2.45) is 5.73 Å². The van der Waals surface area contributed by atoms with Crippen LogP contribution in [0.3, 0.4) is 0 Å². The average Bonchev–Trinajstić information content (AvgIpc) is 2.77. The van der Waals surface area contributed by atoms with Gasteiger partial charge in [-0.05, 0) is 71.6 Å². The number of aliphatic hydroxyl groups excluding tert-OH is 2. The van der Waals surface area contributed by atoms with E-state index >= 15 is 0 Å². The maximum atomic E-state index is 9.41. The Morgan fingerprint density at radius 1 is 0.667 bits per heavy atom. The molecule has 5 nitrogen and oxygen atoms in total. The van der Waals surface area contributed by atoms with Gasteiger partial charge in [0.1, 0.15) is 0 Å². The Balaban J connectivity index is 3.87. The topological polar surface area (TPSA) is 84.9 Å². The van der Waals surface area contributed by atoms with Gasteiger partial charge in [0.15, 0.2) is 0 Å². The van der Waals surface area contributed by atoms with Gasteiger partial charge in [-0.2, -0.15) is 0 Å². The van der Waals surface area contributed by atoms with Crippen LogP contribution in [0.2, 0.25) is 0 Å². The van der Waals surface area contributed by atoms with E-state index in [1.807, 2.05) is 0 Å². The first-order valence-corrected chi connectivity index (χ1v) is 14.0. The minimum Gasteiger partial charge on any atom is -0.393 e. The van der Waals surface area contributed by atoms with E-state index in [0.29, 0.717) is 32.5 Å². The molecule has 0 rings (SSSR count). The Hall–Kier alpha value is -0.460. The van der Waals surface area contributed by atoms with Crippen LogP contribution in [-0.2, 0) is 9.47 Å². The molecule has 0 aromatic carbocycles. The largest absolute Gasteiger partial charge is 0.393 e. The summed E-state index contributed by atoms with van der Waals surface area (Å²) in [6, 6.07) is 0. The van der Waals surface area contributed by atoms with Crippen molar-refractivity contribution in [3.63, 3.8) is 0 Å².